The van der Waals surface area contributed by atoms with Gasteiger partial charge < -0.3 is 31.2 Å². The Morgan fingerprint density at radius 2 is 0.635 bits per heavy atom. The lowest BCUT2D eigenvalue weighted by atomic mass is 9.78. The molecule has 7 aromatic rings. The second-order valence-electron chi connectivity index (χ2n) is 35.8. The highest BCUT2D eigenvalue weighted by Gasteiger charge is 2.53. The number of fused-ring (bicyclic) bond motifs is 8. The van der Waals surface area contributed by atoms with Gasteiger partial charge in [-0.05, 0) is 176 Å². The molecule has 2 aliphatic heterocycles. The molecule has 4 aromatic carbocycles. The van der Waals surface area contributed by atoms with E-state index in [1.54, 1.807) is 0 Å². The zero-order valence-corrected chi connectivity index (χ0v) is 60.5. The first kappa shape index (κ1) is 66.2. The molecule has 6 aliphatic rings. The third kappa shape index (κ3) is 12.7. The molecule has 4 atom stereocenters. The summed E-state index contributed by atoms with van der Waals surface area (Å²) < 4.78 is 0. The van der Waals surface area contributed by atoms with Gasteiger partial charge in [-0.3, -0.25) is 24.2 Å². The van der Waals surface area contributed by atoms with Gasteiger partial charge in [-0.25, -0.2) is 4.98 Å². The van der Waals surface area contributed by atoms with Crippen LogP contribution in [0, 0.1) is 45.3 Å². The first-order valence-corrected chi connectivity index (χ1v) is 35.0. The van der Waals surface area contributed by atoms with E-state index in [4.69, 9.17) is 9.97 Å². The number of aromatic amines is 2. The standard InChI is InChI=1S/C84H100N8O4/c1-77(2,3)47-35-45(36-48(39-47)78(4,5)6)67-59-27-31-63(85-59)71(69-55(89-73(93)51-41-81(51,13)14)23-21-24-56(69)90-74(94)52-42-82(52,15)16)65-33-29-61(87-65)68(46-37-49(79(7,8)9)40-50(38-46)80(10,11)12)62-30-34-66(88-62)72(64-32-28-60(67)86-64)70-57(91-75(95)53-43-83(53,17)18)25-22-26-58(70)92-76(96)54-44-84(54,19)20/h21-29,31-33,35-40,51-54,86-87H,30,34,41-44H2,1-20H3,(H,89,93)(H,90,94)(H,91,95)(H,92,96)/t51-,52+,53-,54+. The highest BCUT2D eigenvalue weighted by Crippen LogP contribution is 2.57. The van der Waals surface area contributed by atoms with Crippen LogP contribution in [0.2, 0.25) is 0 Å². The van der Waals surface area contributed by atoms with Gasteiger partial charge in [-0.2, -0.15) is 0 Å². The topological polar surface area (TPSA) is 174 Å². The van der Waals surface area contributed by atoms with Crippen molar-refractivity contribution in [3.05, 3.63) is 142 Å². The van der Waals surface area contributed by atoms with Crippen LogP contribution in [0.5, 0.6) is 0 Å². The van der Waals surface area contributed by atoms with Gasteiger partial charge in [0, 0.05) is 79.1 Å². The summed E-state index contributed by atoms with van der Waals surface area (Å²) in [5, 5.41) is 13.7. The van der Waals surface area contributed by atoms with Gasteiger partial charge in [0.1, 0.15) is 0 Å². The summed E-state index contributed by atoms with van der Waals surface area (Å²) in [4.78, 5) is 78.4. The number of anilines is 4. The minimum atomic E-state index is -0.235. The molecule has 0 radical (unpaired) electrons. The van der Waals surface area contributed by atoms with Crippen LogP contribution in [0.25, 0.3) is 78.7 Å². The Hall–Kier alpha value is -8.38. The number of H-pyrrole nitrogens is 2. The number of carbonyl (C=O) groups excluding carboxylic acids is 4. The summed E-state index contributed by atoms with van der Waals surface area (Å²) in [5.74, 6) is -0.970. The van der Waals surface area contributed by atoms with Crippen LogP contribution in [-0.4, -0.2) is 43.6 Å². The van der Waals surface area contributed by atoms with Crippen molar-refractivity contribution >= 4 is 80.6 Å². The minimum Gasteiger partial charge on any atom is -0.354 e. The molecule has 4 fully saturated rings. The molecular weight excluding hydrogens is 1180 g/mol. The zero-order chi connectivity index (χ0) is 69.1. The van der Waals surface area contributed by atoms with Crippen LogP contribution < -0.4 is 21.3 Å². The molecule has 0 unspecified atom stereocenters. The Labute approximate surface area is 568 Å². The highest BCUT2D eigenvalue weighted by molar-refractivity contribution is 6.11. The number of hydrogen-bond acceptors (Lipinski definition) is 6. The summed E-state index contributed by atoms with van der Waals surface area (Å²) in [6, 6.07) is 34.1. The minimum absolute atomic E-state index is 0.0577. The molecule has 4 amide bonds. The lowest BCUT2D eigenvalue weighted by molar-refractivity contribution is -0.118. The van der Waals surface area contributed by atoms with Crippen LogP contribution in [0.15, 0.2) is 97.1 Å². The fourth-order valence-corrected chi connectivity index (χ4v) is 14.5. The van der Waals surface area contributed by atoms with Crippen molar-refractivity contribution in [3.8, 4) is 44.5 Å². The molecule has 3 aromatic heterocycles. The second-order valence-corrected chi connectivity index (χ2v) is 35.8. The number of nitrogens with one attached hydrogen (secondary N) is 6. The van der Waals surface area contributed by atoms with E-state index >= 15 is 0 Å². The lowest BCUT2D eigenvalue weighted by Gasteiger charge is -2.26. The average Bonchev–Trinajstić information content (AvgIpc) is 1.57. The number of nitrogens with zero attached hydrogens (tertiary/aromatic N) is 2. The van der Waals surface area contributed by atoms with Crippen molar-refractivity contribution in [3.63, 3.8) is 0 Å². The zero-order valence-electron chi connectivity index (χ0n) is 60.5. The van der Waals surface area contributed by atoms with Crippen LogP contribution in [0.4, 0.5) is 22.7 Å². The van der Waals surface area contributed by atoms with Gasteiger partial charge in [0.15, 0.2) is 0 Å². The summed E-state index contributed by atoms with van der Waals surface area (Å²) in [7, 11) is 0. The molecule has 13 rings (SSSR count). The van der Waals surface area contributed by atoms with Crippen LogP contribution in [-0.2, 0) is 53.7 Å². The van der Waals surface area contributed by atoms with Crippen molar-refractivity contribution in [1.29, 1.82) is 0 Å². The largest absolute Gasteiger partial charge is 0.354 e. The van der Waals surface area contributed by atoms with Crippen LogP contribution >= 0.6 is 0 Å². The molecule has 6 N–H and O–H groups in total. The van der Waals surface area contributed by atoms with E-state index < -0.39 is 0 Å². The third-order valence-corrected chi connectivity index (χ3v) is 21.9. The summed E-state index contributed by atoms with van der Waals surface area (Å²) in [6.45, 7) is 44.2. The second kappa shape index (κ2) is 22.6. The Morgan fingerprint density at radius 3 is 0.958 bits per heavy atom. The normalized spacial score (nSPS) is 20.3. The number of aromatic nitrogens is 4. The number of carbonyl (C=O) groups is 4. The third-order valence-electron chi connectivity index (χ3n) is 21.9. The molecule has 0 saturated heterocycles. The van der Waals surface area contributed by atoms with E-state index in [0.29, 0.717) is 63.7 Å². The first-order valence-electron chi connectivity index (χ1n) is 35.0. The van der Waals surface area contributed by atoms with E-state index in [9.17, 15) is 19.2 Å². The molecule has 8 bridgehead atoms. The maximum absolute atomic E-state index is 14.6. The molecule has 4 aliphatic carbocycles. The Morgan fingerprint density at radius 1 is 0.365 bits per heavy atom. The predicted molar refractivity (Wildman–Crippen MR) is 396 cm³/mol. The SMILES string of the molecule is CC(C)(C)c1cc(-c2c3nc(c(-c4c(NC(=O)[C@H]5CC5(C)C)cccc4NC(=O)[C@@H]4CC4(C)C)c4ccc([nH]4)c(-c4cc(C(C)(C)C)cc(C(C)(C)C)c4)c4nc(c(-c5c(NC(=O)[C@H]6CC6(C)C)cccc5NC(=O)[C@@H]5CC5(C)C)c5ccc2[nH]5)CC4)C=C3)cc(C(C)(C)C)c1. The van der Waals surface area contributed by atoms with Crippen molar-refractivity contribution < 1.29 is 19.2 Å². The lowest BCUT2D eigenvalue weighted by Crippen LogP contribution is -2.19. The monoisotopic (exact) mass is 1280 g/mol. The first-order chi connectivity index (χ1) is 44.7. The van der Waals surface area contributed by atoms with Crippen LogP contribution in [0.3, 0.4) is 0 Å². The molecule has 96 heavy (non-hydrogen) atoms. The molecular formula is C84H100N8O4. The summed E-state index contributed by atoms with van der Waals surface area (Å²) in [6.07, 6.45) is 8.34. The fraction of sp³-hybridized carbons (Fsp3) is 0.452. The molecule has 4 saturated carbocycles. The van der Waals surface area contributed by atoms with Gasteiger partial charge >= 0.3 is 0 Å². The summed E-state index contributed by atoms with van der Waals surface area (Å²) >= 11 is 0. The Kier molecular flexibility index (Phi) is 15.6. The van der Waals surface area contributed by atoms with Crippen LogP contribution in [0.1, 0.15) is 209 Å². The highest BCUT2D eigenvalue weighted by atomic mass is 16.2. The van der Waals surface area contributed by atoms with E-state index in [1.165, 1.54) is 22.3 Å². The molecule has 12 heteroatoms. The van der Waals surface area contributed by atoms with Gasteiger partial charge in [-0.1, -0.05) is 187 Å². The maximum Gasteiger partial charge on any atom is 0.228 e. The van der Waals surface area contributed by atoms with Crippen molar-refractivity contribution in [1.82, 2.24) is 19.9 Å². The molecule has 0 spiro atoms. The van der Waals surface area contributed by atoms with Gasteiger partial charge in [0.05, 0.1) is 45.5 Å². The number of hydrogen-bond donors (Lipinski definition) is 6. The van der Waals surface area contributed by atoms with Crippen molar-refractivity contribution in [2.75, 3.05) is 21.3 Å². The van der Waals surface area contributed by atoms with E-state index in [0.717, 1.165) is 87.0 Å². The number of benzene rings is 4. The van der Waals surface area contributed by atoms with E-state index in [1.807, 2.05) is 36.4 Å². The average molecular weight is 1290 g/mol. The Bertz CT molecular complexity index is 4480. The van der Waals surface area contributed by atoms with Crippen molar-refractivity contribution in [2.45, 2.75) is 199 Å². The van der Waals surface area contributed by atoms with Gasteiger partial charge in [0.25, 0.3) is 0 Å². The Balaban J connectivity index is 1.20. The predicted octanol–water partition coefficient (Wildman–Crippen LogP) is 20.1. The quantitative estimate of drug-likeness (QED) is 0.0710. The number of amides is 4. The number of aryl methyl sites for hydroxylation is 2. The van der Waals surface area contributed by atoms with E-state index in [2.05, 4.69) is 243 Å². The van der Waals surface area contributed by atoms with Gasteiger partial charge in [0.2, 0.25) is 23.6 Å². The van der Waals surface area contributed by atoms with Crippen molar-refractivity contribution in [2.24, 2.45) is 45.3 Å². The van der Waals surface area contributed by atoms with E-state index in [-0.39, 0.29) is 90.6 Å². The summed E-state index contributed by atoms with van der Waals surface area (Å²) in [5.41, 5.74) is 18.2. The maximum atomic E-state index is 14.6. The number of rotatable bonds is 12. The fourth-order valence-electron chi connectivity index (χ4n) is 14.5. The molecule has 12 nitrogen and oxygen atoms in total. The smallest absolute Gasteiger partial charge is 0.228 e. The molecule has 500 valence electrons. The van der Waals surface area contributed by atoms with Gasteiger partial charge in [-0.15, -0.1) is 0 Å². The molecule has 5 heterocycles.